The van der Waals surface area contributed by atoms with Crippen LogP contribution in [0.2, 0.25) is 0 Å². The van der Waals surface area contributed by atoms with E-state index in [0.717, 1.165) is 12.8 Å². The van der Waals surface area contributed by atoms with E-state index < -0.39 is 5.60 Å². The fourth-order valence-corrected chi connectivity index (χ4v) is 3.25. The van der Waals surface area contributed by atoms with E-state index in [4.69, 9.17) is 0 Å². The summed E-state index contributed by atoms with van der Waals surface area (Å²) < 4.78 is 1.50. The molecule has 1 saturated carbocycles. The molecule has 116 valence electrons. The Hall–Kier alpha value is -2.90. The highest BCUT2D eigenvalue weighted by Crippen LogP contribution is 2.39. The topological polar surface area (TPSA) is 55.1 Å². The van der Waals surface area contributed by atoms with Gasteiger partial charge in [0.2, 0.25) is 5.60 Å². The first-order valence-electron chi connectivity index (χ1n) is 8.06. The van der Waals surface area contributed by atoms with Crippen molar-refractivity contribution in [1.29, 1.82) is 0 Å². The van der Waals surface area contributed by atoms with Crippen molar-refractivity contribution in [3.63, 3.8) is 0 Å². The first-order valence-corrected chi connectivity index (χ1v) is 8.06. The maximum Gasteiger partial charge on any atom is 0.266 e. The second-order valence-electron chi connectivity index (χ2n) is 6.36. The van der Waals surface area contributed by atoms with Crippen LogP contribution in [0.15, 0.2) is 53.3 Å². The van der Waals surface area contributed by atoms with Crippen molar-refractivity contribution < 1.29 is 5.11 Å². The Morgan fingerprint density at radius 3 is 2.71 bits per heavy atom. The highest BCUT2D eigenvalue weighted by molar-refractivity contribution is 5.79. The molecule has 1 atom stereocenters. The number of hydrogen-bond acceptors (Lipinski definition) is 3. The van der Waals surface area contributed by atoms with Gasteiger partial charge in [-0.15, -0.1) is 0 Å². The van der Waals surface area contributed by atoms with Crippen LogP contribution in [-0.4, -0.2) is 14.7 Å². The highest BCUT2D eigenvalue weighted by Gasteiger charge is 2.43. The summed E-state index contributed by atoms with van der Waals surface area (Å²) in [5.41, 5.74) is 0.143. The first-order chi connectivity index (χ1) is 11.7. The SMILES string of the molecule is O=c1c2ccccc2nc2n1-c1ccccc1C2(O)C#CC1CC1. The number of benzene rings is 2. The van der Waals surface area contributed by atoms with E-state index >= 15 is 0 Å². The summed E-state index contributed by atoms with van der Waals surface area (Å²) in [6, 6.07) is 14.5. The van der Waals surface area contributed by atoms with Gasteiger partial charge in [0, 0.05) is 11.5 Å². The number of aromatic nitrogens is 2. The Balaban J connectivity index is 1.90. The van der Waals surface area contributed by atoms with Gasteiger partial charge in [0.15, 0.2) is 5.82 Å². The molecule has 1 unspecified atom stereocenters. The minimum absolute atomic E-state index is 0.174. The van der Waals surface area contributed by atoms with Crippen LogP contribution in [0.5, 0.6) is 0 Å². The molecule has 2 aromatic carbocycles. The summed E-state index contributed by atoms with van der Waals surface area (Å²) >= 11 is 0. The summed E-state index contributed by atoms with van der Waals surface area (Å²) in [4.78, 5) is 17.6. The lowest BCUT2D eigenvalue weighted by Gasteiger charge is -2.16. The van der Waals surface area contributed by atoms with Crippen LogP contribution < -0.4 is 5.56 Å². The fourth-order valence-electron chi connectivity index (χ4n) is 3.25. The lowest BCUT2D eigenvalue weighted by Crippen LogP contribution is -2.28. The van der Waals surface area contributed by atoms with E-state index in [9.17, 15) is 9.90 Å². The minimum atomic E-state index is -1.54. The van der Waals surface area contributed by atoms with Gasteiger partial charge < -0.3 is 5.11 Å². The van der Waals surface area contributed by atoms with E-state index in [2.05, 4.69) is 16.8 Å². The molecule has 1 aromatic heterocycles. The van der Waals surface area contributed by atoms with Gasteiger partial charge in [-0.05, 0) is 31.0 Å². The van der Waals surface area contributed by atoms with Gasteiger partial charge in [0.05, 0.1) is 16.6 Å². The van der Waals surface area contributed by atoms with Gasteiger partial charge in [-0.1, -0.05) is 42.2 Å². The molecule has 24 heavy (non-hydrogen) atoms. The Kier molecular flexibility index (Phi) is 2.57. The third-order valence-electron chi connectivity index (χ3n) is 4.67. The average Bonchev–Trinajstić information content (AvgIpc) is 3.41. The summed E-state index contributed by atoms with van der Waals surface area (Å²) in [6.07, 6.45) is 2.14. The number of nitrogens with zero attached hydrogens (tertiary/aromatic N) is 2. The molecule has 4 nitrogen and oxygen atoms in total. The average molecular weight is 314 g/mol. The van der Waals surface area contributed by atoms with Gasteiger partial charge >= 0.3 is 0 Å². The minimum Gasteiger partial charge on any atom is -0.367 e. The zero-order valence-electron chi connectivity index (χ0n) is 12.9. The molecule has 4 heteroatoms. The smallest absolute Gasteiger partial charge is 0.266 e. The molecule has 2 heterocycles. The number of rotatable bonds is 0. The van der Waals surface area contributed by atoms with Crippen LogP contribution in [0.1, 0.15) is 24.2 Å². The lowest BCUT2D eigenvalue weighted by atomic mass is 9.95. The molecular weight excluding hydrogens is 300 g/mol. The largest absolute Gasteiger partial charge is 0.367 e. The summed E-state index contributed by atoms with van der Waals surface area (Å²) in [5, 5.41) is 11.9. The summed E-state index contributed by atoms with van der Waals surface area (Å²) in [7, 11) is 0. The van der Waals surface area contributed by atoms with Crippen molar-refractivity contribution in [3.8, 4) is 17.5 Å². The number of hydrogen-bond donors (Lipinski definition) is 1. The van der Waals surface area contributed by atoms with Gasteiger partial charge in [0.1, 0.15) is 0 Å². The summed E-state index contributed by atoms with van der Waals surface area (Å²) in [6.45, 7) is 0. The highest BCUT2D eigenvalue weighted by atomic mass is 16.3. The van der Waals surface area contributed by atoms with E-state index in [1.54, 1.807) is 12.1 Å². The van der Waals surface area contributed by atoms with E-state index in [-0.39, 0.29) is 5.56 Å². The molecule has 1 fully saturated rings. The standard InChI is InChI=1S/C20H14N2O2/c23-18-14-5-1-3-7-16(14)21-19-20(24,12-11-13-9-10-13)15-6-2-4-8-17(15)22(18)19/h1-8,13,24H,9-10H2. The second kappa shape index (κ2) is 4.56. The molecular formula is C20H14N2O2. The molecule has 0 bridgehead atoms. The maximum absolute atomic E-state index is 13.0. The number of aliphatic hydroxyl groups is 1. The third-order valence-corrected chi connectivity index (χ3v) is 4.67. The second-order valence-corrected chi connectivity index (χ2v) is 6.36. The van der Waals surface area contributed by atoms with Crippen LogP contribution in [-0.2, 0) is 5.60 Å². The molecule has 0 spiro atoms. The Morgan fingerprint density at radius 2 is 1.88 bits per heavy atom. The molecule has 0 amide bonds. The molecule has 5 rings (SSSR count). The zero-order chi connectivity index (χ0) is 16.3. The van der Waals surface area contributed by atoms with Crippen LogP contribution in [0, 0.1) is 17.8 Å². The summed E-state index contributed by atoms with van der Waals surface area (Å²) in [5.74, 6) is 6.78. The fraction of sp³-hybridized carbons (Fsp3) is 0.200. The van der Waals surface area contributed by atoms with Crippen molar-refractivity contribution in [1.82, 2.24) is 9.55 Å². The van der Waals surface area contributed by atoms with Crippen LogP contribution in [0.25, 0.3) is 16.6 Å². The third kappa shape index (κ3) is 1.73. The van der Waals surface area contributed by atoms with Crippen molar-refractivity contribution >= 4 is 10.9 Å². The normalized spacial score (nSPS) is 21.0. The Bertz CT molecular complexity index is 1120. The van der Waals surface area contributed by atoms with Crippen LogP contribution in [0.4, 0.5) is 0 Å². The number of fused-ring (bicyclic) bond motifs is 4. The van der Waals surface area contributed by atoms with E-state index in [0.29, 0.717) is 33.9 Å². The van der Waals surface area contributed by atoms with E-state index in [1.165, 1.54) is 4.57 Å². The molecule has 0 saturated heterocycles. The molecule has 1 aliphatic heterocycles. The van der Waals surface area contributed by atoms with Crippen LogP contribution in [0.3, 0.4) is 0 Å². The van der Waals surface area contributed by atoms with Crippen molar-refractivity contribution in [3.05, 3.63) is 70.3 Å². The molecule has 1 aliphatic carbocycles. The molecule has 1 N–H and O–H groups in total. The van der Waals surface area contributed by atoms with Crippen molar-refractivity contribution in [2.45, 2.75) is 18.4 Å². The molecule has 3 aromatic rings. The number of para-hydroxylation sites is 2. The lowest BCUT2D eigenvalue weighted by molar-refractivity contribution is 0.141. The van der Waals surface area contributed by atoms with Crippen LogP contribution >= 0.6 is 0 Å². The van der Waals surface area contributed by atoms with Crippen molar-refractivity contribution in [2.75, 3.05) is 0 Å². The van der Waals surface area contributed by atoms with Gasteiger partial charge in [-0.25, -0.2) is 4.98 Å². The Morgan fingerprint density at radius 1 is 1.12 bits per heavy atom. The Labute approximate surface area is 138 Å². The van der Waals surface area contributed by atoms with Gasteiger partial charge in [-0.3, -0.25) is 9.36 Å². The zero-order valence-corrected chi connectivity index (χ0v) is 12.9. The first kappa shape index (κ1) is 13.5. The maximum atomic E-state index is 13.0. The quantitative estimate of drug-likeness (QED) is 0.648. The van der Waals surface area contributed by atoms with Gasteiger partial charge in [-0.2, -0.15) is 0 Å². The predicted octanol–water partition coefficient (Wildman–Crippen LogP) is 2.35. The van der Waals surface area contributed by atoms with Gasteiger partial charge in [0.25, 0.3) is 5.56 Å². The van der Waals surface area contributed by atoms with E-state index in [1.807, 2.05) is 36.4 Å². The molecule has 0 radical (unpaired) electrons. The predicted molar refractivity (Wildman–Crippen MR) is 90.8 cm³/mol. The molecule has 2 aliphatic rings. The van der Waals surface area contributed by atoms with Crippen molar-refractivity contribution in [2.24, 2.45) is 5.92 Å². The monoisotopic (exact) mass is 314 g/mol.